The summed E-state index contributed by atoms with van der Waals surface area (Å²) in [5.41, 5.74) is 0.718. The van der Waals surface area contributed by atoms with Gasteiger partial charge in [0.15, 0.2) is 11.6 Å². The zero-order valence-electron chi connectivity index (χ0n) is 23.6. The van der Waals surface area contributed by atoms with Crippen molar-refractivity contribution in [3.63, 3.8) is 0 Å². The number of aromatic hydroxyl groups is 2. The Morgan fingerprint density at radius 1 is 0.902 bits per heavy atom. The van der Waals surface area contributed by atoms with Crippen LogP contribution in [0.5, 0.6) is 11.5 Å². The Kier molecular flexibility index (Phi) is 8.01. The molecule has 2 fully saturated rings. The van der Waals surface area contributed by atoms with Crippen LogP contribution in [-0.4, -0.2) is 74.6 Å². The number of phenolic OH excluding ortho intramolecular Hbond substituents is 2. The predicted molar refractivity (Wildman–Crippen MR) is 154 cm³/mol. The summed E-state index contributed by atoms with van der Waals surface area (Å²) in [4.78, 5) is 32.8. The minimum absolute atomic E-state index is 0.0373. The van der Waals surface area contributed by atoms with Crippen molar-refractivity contribution < 1.29 is 29.3 Å². The van der Waals surface area contributed by atoms with Gasteiger partial charge in [-0.15, -0.1) is 0 Å². The van der Waals surface area contributed by atoms with Gasteiger partial charge in [0.25, 0.3) is 0 Å². The van der Waals surface area contributed by atoms with E-state index in [9.17, 15) is 29.3 Å². The predicted octanol–water partition coefficient (Wildman–Crippen LogP) is 4.75. The van der Waals surface area contributed by atoms with Crippen molar-refractivity contribution in [2.45, 2.75) is 44.9 Å². The molecule has 3 aromatic rings. The van der Waals surface area contributed by atoms with Gasteiger partial charge in [0, 0.05) is 55.1 Å². The van der Waals surface area contributed by atoms with Crippen LogP contribution in [0.4, 0.5) is 4.39 Å². The molecule has 0 radical (unpaired) electrons. The number of nitrogens with zero attached hydrogens (tertiary/aromatic N) is 2. The molecule has 8 heteroatoms. The highest BCUT2D eigenvalue weighted by Gasteiger charge is 2.49. The average molecular weight is 561 g/mol. The molecule has 216 valence electrons. The lowest BCUT2D eigenvalue weighted by Gasteiger charge is -2.53. The maximum Gasteiger partial charge on any atom is 0.167 e. The molecule has 0 bridgehead atoms. The molecule has 5 rings (SSSR count). The van der Waals surface area contributed by atoms with Gasteiger partial charge < -0.3 is 15.3 Å². The summed E-state index contributed by atoms with van der Waals surface area (Å²) < 4.78 is 14.9. The second-order valence-electron chi connectivity index (χ2n) is 12.0. The van der Waals surface area contributed by atoms with E-state index in [0.717, 1.165) is 13.0 Å². The number of benzene rings is 3. The number of ketones is 2. The number of likely N-dealkylation sites (tertiary alicyclic amines) is 2. The Bertz CT molecular complexity index is 1380. The van der Waals surface area contributed by atoms with Gasteiger partial charge >= 0.3 is 0 Å². The van der Waals surface area contributed by atoms with E-state index in [1.54, 1.807) is 57.2 Å². The third-order valence-electron chi connectivity index (χ3n) is 8.44. The maximum absolute atomic E-state index is 14.9. The van der Waals surface area contributed by atoms with E-state index in [-0.39, 0.29) is 29.2 Å². The van der Waals surface area contributed by atoms with Gasteiger partial charge in [0.2, 0.25) is 0 Å². The van der Waals surface area contributed by atoms with Crippen molar-refractivity contribution in [2.75, 3.05) is 26.2 Å². The molecule has 2 saturated heterocycles. The molecular weight excluding hydrogens is 523 g/mol. The summed E-state index contributed by atoms with van der Waals surface area (Å²) in [6.45, 7) is 7.05. The first kappa shape index (κ1) is 28.9. The summed E-state index contributed by atoms with van der Waals surface area (Å²) in [6, 6.07) is 17.1. The molecule has 4 atom stereocenters. The Morgan fingerprint density at radius 3 is 1.90 bits per heavy atom. The SMILES string of the molecule is Cc1c(F)cccc1C1[C@@H](C(=O)c2cccc(O)c2)CN(C2CCN2CC(C)(C)O)C[C@H]1C(=O)c1cccc(O)c1. The molecule has 3 aromatic carbocycles. The largest absolute Gasteiger partial charge is 0.508 e. The number of carbonyl (C=O) groups excluding carboxylic acids is 2. The van der Waals surface area contributed by atoms with Gasteiger partial charge in [-0.3, -0.25) is 19.4 Å². The van der Waals surface area contributed by atoms with Crippen LogP contribution in [0.1, 0.15) is 58.0 Å². The number of hydrogen-bond acceptors (Lipinski definition) is 7. The van der Waals surface area contributed by atoms with Crippen molar-refractivity contribution in [1.29, 1.82) is 0 Å². The van der Waals surface area contributed by atoms with Gasteiger partial charge in [-0.05, 0) is 68.7 Å². The van der Waals surface area contributed by atoms with Crippen LogP contribution in [0.15, 0.2) is 66.7 Å². The molecule has 0 saturated carbocycles. The summed E-state index contributed by atoms with van der Waals surface area (Å²) >= 11 is 0. The smallest absolute Gasteiger partial charge is 0.167 e. The molecule has 2 aliphatic rings. The van der Waals surface area contributed by atoms with Gasteiger partial charge in [0.1, 0.15) is 17.3 Å². The van der Waals surface area contributed by atoms with E-state index in [1.807, 2.05) is 0 Å². The molecule has 2 heterocycles. The zero-order chi connectivity index (χ0) is 29.5. The summed E-state index contributed by atoms with van der Waals surface area (Å²) in [5, 5.41) is 30.8. The number of hydrogen-bond donors (Lipinski definition) is 3. The van der Waals surface area contributed by atoms with Gasteiger partial charge in [-0.1, -0.05) is 36.4 Å². The number of Topliss-reactive ketones (excluding diaryl/α,β-unsaturated/α-hetero) is 2. The monoisotopic (exact) mass is 560 g/mol. The fourth-order valence-electron chi connectivity index (χ4n) is 6.51. The van der Waals surface area contributed by atoms with E-state index >= 15 is 0 Å². The highest BCUT2D eigenvalue weighted by Crippen LogP contribution is 2.44. The second kappa shape index (κ2) is 11.4. The Labute approximate surface area is 239 Å². The first-order valence-electron chi connectivity index (χ1n) is 14.0. The van der Waals surface area contributed by atoms with E-state index in [4.69, 9.17) is 0 Å². The number of β-amino-alcohol motifs (C(OH)–C–C–N with tert-alkyl or cyclic N) is 1. The van der Waals surface area contributed by atoms with Crippen molar-refractivity contribution in [3.8, 4) is 11.5 Å². The summed E-state index contributed by atoms with van der Waals surface area (Å²) in [7, 11) is 0. The highest BCUT2D eigenvalue weighted by atomic mass is 19.1. The first-order valence-corrected chi connectivity index (χ1v) is 14.0. The lowest BCUT2D eigenvalue weighted by atomic mass is 9.67. The van der Waals surface area contributed by atoms with Crippen molar-refractivity contribution in [3.05, 3.63) is 94.8 Å². The Balaban J connectivity index is 1.63. The Hall–Kier alpha value is -3.59. The molecule has 3 N–H and O–H groups in total. The van der Waals surface area contributed by atoms with Crippen LogP contribution < -0.4 is 0 Å². The quantitative estimate of drug-likeness (QED) is 0.342. The minimum Gasteiger partial charge on any atom is -0.508 e. The lowest BCUT2D eigenvalue weighted by Crippen LogP contribution is -2.64. The minimum atomic E-state index is -0.913. The van der Waals surface area contributed by atoms with Crippen molar-refractivity contribution in [2.24, 2.45) is 11.8 Å². The lowest BCUT2D eigenvalue weighted by molar-refractivity contribution is -0.0934. The summed E-state index contributed by atoms with van der Waals surface area (Å²) in [6.07, 6.45) is 0.745. The first-order chi connectivity index (χ1) is 19.4. The maximum atomic E-state index is 14.9. The standard InChI is InChI=1S/C33H37FN2O5/c1-20-25(11-6-12-28(20)34)30-26(31(39)21-7-4-9-23(37)15-21)17-36(29-13-14-35(29)19-33(2,3)41)18-27(30)32(40)22-8-5-10-24(38)16-22/h4-12,15-16,26-27,29-30,37-38,41H,13-14,17-19H2,1-3H3/t26-,27+,29?,30?. The Morgan fingerprint density at radius 2 is 1.44 bits per heavy atom. The van der Waals surface area contributed by atoms with Crippen LogP contribution in [0, 0.1) is 24.6 Å². The average Bonchev–Trinajstić information content (AvgIpc) is 2.91. The molecule has 2 unspecified atom stereocenters. The van der Waals surface area contributed by atoms with Crippen LogP contribution in [0.3, 0.4) is 0 Å². The summed E-state index contributed by atoms with van der Waals surface area (Å²) in [5.74, 6) is -3.04. The van der Waals surface area contributed by atoms with Crippen LogP contribution in [0.25, 0.3) is 0 Å². The van der Waals surface area contributed by atoms with E-state index in [2.05, 4.69) is 9.80 Å². The molecule has 41 heavy (non-hydrogen) atoms. The van der Waals surface area contributed by atoms with Crippen LogP contribution >= 0.6 is 0 Å². The van der Waals surface area contributed by atoms with Crippen LogP contribution in [-0.2, 0) is 0 Å². The van der Waals surface area contributed by atoms with E-state index in [1.165, 1.54) is 30.3 Å². The topological polar surface area (TPSA) is 101 Å². The molecule has 7 nitrogen and oxygen atoms in total. The molecule has 2 aliphatic heterocycles. The molecule has 0 aromatic heterocycles. The number of phenols is 2. The van der Waals surface area contributed by atoms with Gasteiger partial charge in [0.05, 0.1) is 11.8 Å². The van der Waals surface area contributed by atoms with Gasteiger partial charge in [-0.2, -0.15) is 0 Å². The molecule has 0 aliphatic carbocycles. The second-order valence-corrected chi connectivity index (χ2v) is 12.0. The third-order valence-corrected chi connectivity index (χ3v) is 8.44. The number of halogens is 1. The van der Waals surface area contributed by atoms with Crippen molar-refractivity contribution in [1.82, 2.24) is 9.80 Å². The van der Waals surface area contributed by atoms with E-state index in [0.29, 0.717) is 41.9 Å². The molecular formula is C33H37FN2O5. The molecule has 0 amide bonds. The molecule has 0 spiro atoms. The number of piperidine rings is 1. The zero-order valence-corrected chi connectivity index (χ0v) is 23.6. The number of rotatable bonds is 8. The fourth-order valence-corrected chi connectivity index (χ4v) is 6.51. The van der Waals surface area contributed by atoms with Crippen molar-refractivity contribution >= 4 is 11.6 Å². The third kappa shape index (κ3) is 6.05. The fraction of sp³-hybridized carbons (Fsp3) is 0.394. The number of aliphatic hydroxyl groups is 1. The van der Waals surface area contributed by atoms with E-state index < -0.39 is 29.2 Å². The van der Waals surface area contributed by atoms with Gasteiger partial charge in [-0.25, -0.2) is 4.39 Å². The highest BCUT2D eigenvalue weighted by molar-refractivity contribution is 6.02. The number of carbonyl (C=O) groups is 2. The normalized spacial score (nSPS) is 23.6. The van der Waals surface area contributed by atoms with Crippen LogP contribution in [0.2, 0.25) is 0 Å².